The number of ether oxygens (including phenoxy) is 1. The van der Waals surface area contributed by atoms with E-state index in [-0.39, 0.29) is 17.4 Å². The molecule has 1 aromatic heterocycles. The molecular formula is C16H25ClN4O2. The topological polar surface area (TPSA) is 58.6 Å². The van der Waals surface area contributed by atoms with Crippen molar-refractivity contribution in [2.45, 2.75) is 52.2 Å². The third-order valence-corrected chi connectivity index (χ3v) is 3.94. The first-order chi connectivity index (χ1) is 10.7. The molecule has 0 bridgehead atoms. The molecule has 7 heteroatoms. The van der Waals surface area contributed by atoms with Crippen LogP contribution in [0.25, 0.3) is 0 Å². The van der Waals surface area contributed by atoms with Crippen LogP contribution in [-0.4, -0.2) is 52.7 Å². The molecule has 0 unspecified atom stereocenters. The van der Waals surface area contributed by atoms with E-state index in [0.29, 0.717) is 6.54 Å². The number of aryl methyl sites for hydroxylation is 1. The van der Waals surface area contributed by atoms with Crippen LogP contribution in [-0.2, 0) is 4.74 Å². The van der Waals surface area contributed by atoms with Crippen molar-refractivity contribution in [3.63, 3.8) is 0 Å². The van der Waals surface area contributed by atoms with Gasteiger partial charge in [0.1, 0.15) is 11.4 Å². The molecule has 1 fully saturated rings. The minimum atomic E-state index is -0.479. The second-order valence-corrected chi connectivity index (χ2v) is 7.31. The van der Waals surface area contributed by atoms with Gasteiger partial charge in [-0.05, 0) is 52.1 Å². The van der Waals surface area contributed by atoms with E-state index in [0.717, 1.165) is 30.9 Å². The largest absolute Gasteiger partial charge is 0.444 e. The molecule has 0 saturated carbocycles. The Kier molecular flexibility index (Phi) is 5.34. The molecule has 0 aromatic carbocycles. The summed E-state index contributed by atoms with van der Waals surface area (Å²) in [5, 5.41) is 0.242. The highest BCUT2D eigenvalue weighted by atomic mass is 35.5. The third kappa shape index (κ3) is 4.96. The van der Waals surface area contributed by atoms with Gasteiger partial charge in [0.15, 0.2) is 0 Å². The number of anilines is 1. The highest BCUT2D eigenvalue weighted by Gasteiger charge is 2.30. The van der Waals surface area contributed by atoms with Crippen molar-refractivity contribution in [2.24, 2.45) is 0 Å². The number of likely N-dealkylation sites (N-methyl/N-ethyl adjacent to an activating group) is 1. The molecule has 1 aliphatic heterocycles. The molecular weight excluding hydrogens is 316 g/mol. The summed E-state index contributed by atoms with van der Waals surface area (Å²) in [5.41, 5.74) is 0.347. The molecule has 1 saturated heterocycles. The van der Waals surface area contributed by atoms with Crippen LogP contribution in [0.1, 0.15) is 39.3 Å². The van der Waals surface area contributed by atoms with E-state index in [1.54, 1.807) is 4.90 Å². The number of hydrogen-bond acceptors (Lipinski definition) is 5. The smallest absolute Gasteiger partial charge is 0.410 e. The SMILES string of the molecule is Cc1cc(N(C)[C@@H]2CCCN(C(=O)OC(C)(C)C)C2)nc(Cl)n1. The first-order valence-electron chi connectivity index (χ1n) is 7.87. The van der Waals surface area contributed by atoms with Crippen LogP contribution in [0.5, 0.6) is 0 Å². The first kappa shape index (κ1) is 17.8. The van der Waals surface area contributed by atoms with Crippen LogP contribution < -0.4 is 4.90 Å². The lowest BCUT2D eigenvalue weighted by atomic mass is 10.0. The third-order valence-electron chi connectivity index (χ3n) is 3.77. The summed E-state index contributed by atoms with van der Waals surface area (Å²) in [7, 11) is 1.97. The van der Waals surface area contributed by atoms with Crippen molar-refractivity contribution >= 4 is 23.5 Å². The zero-order valence-electron chi connectivity index (χ0n) is 14.5. The summed E-state index contributed by atoms with van der Waals surface area (Å²) in [5.74, 6) is 0.776. The maximum absolute atomic E-state index is 12.3. The van der Waals surface area contributed by atoms with Crippen LogP contribution in [0.15, 0.2) is 6.07 Å². The van der Waals surface area contributed by atoms with E-state index in [4.69, 9.17) is 16.3 Å². The number of likely N-dealkylation sites (tertiary alicyclic amines) is 1. The van der Waals surface area contributed by atoms with Crippen LogP contribution in [0.2, 0.25) is 5.28 Å². The first-order valence-corrected chi connectivity index (χ1v) is 8.25. The van der Waals surface area contributed by atoms with Crippen LogP contribution >= 0.6 is 11.6 Å². The van der Waals surface area contributed by atoms with Gasteiger partial charge in [0.25, 0.3) is 0 Å². The van der Waals surface area contributed by atoms with Gasteiger partial charge in [0.2, 0.25) is 5.28 Å². The lowest BCUT2D eigenvalue weighted by Gasteiger charge is -2.38. The van der Waals surface area contributed by atoms with E-state index in [9.17, 15) is 4.79 Å². The number of rotatable bonds is 2. The molecule has 2 rings (SSSR count). The molecule has 23 heavy (non-hydrogen) atoms. The van der Waals surface area contributed by atoms with Crippen LogP contribution in [0.4, 0.5) is 10.6 Å². The van der Waals surface area contributed by atoms with Gasteiger partial charge in [-0.3, -0.25) is 0 Å². The lowest BCUT2D eigenvalue weighted by molar-refractivity contribution is 0.0199. The highest BCUT2D eigenvalue weighted by Crippen LogP contribution is 2.22. The number of carbonyl (C=O) groups is 1. The maximum Gasteiger partial charge on any atom is 0.410 e. The minimum Gasteiger partial charge on any atom is -0.444 e. The van der Waals surface area contributed by atoms with Gasteiger partial charge < -0.3 is 14.5 Å². The van der Waals surface area contributed by atoms with Gasteiger partial charge in [-0.15, -0.1) is 0 Å². The fourth-order valence-electron chi connectivity index (χ4n) is 2.65. The Morgan fingerprint density at radius 3 is 2.74 bits per heavy atom. The molecule has 0 N–H and O–H groups in total. The maximum atomic E-state index is 12.3. The number of halogens is 1. The Bertz CT molecular complexity index is 553. The van der Waals surface area contributed by atoms with E-state index in [1.807, 2.05) is 40.8 Å². The summed E-state index contributed by atoms with van der Waals surface area (Å²) in [6.07, 6.45) is 1.68. The molecule has 1 aromatic rings. The van der Waals surface area contributed by atoms with Crippen molar-refractivity contribution in [2.75, 3.05) is 25.0 Å². The standard InChI is InChI=1S/C16H25ClN4O2/c1-11-9-13(19-14(17)18-11)20(5)12-7-6-8-21(10-12)15(22)23-16(2,3)4/h9,12H,6-8,10H2,1-5H3/t12-/m1/s1. The predicted octanol–water partition coefficient (Wildman–Crippen LogP) is 3.27. The van der Waals surface area contributed by atoms with Gasteiger partial charge in [0.05, 0.1) is 0 Å². The summed E-state index contributed by atoms with van der Waals surface area (Å²) < 4.78 is 5.47. The minimum absolute atomic E-state index is 0.182. The number of amides is 1. The van der Waals surface area contributed by atoms with Crippen molar-refractivity contribution in [3.05, 3.63) is 17.0 Å². The highest BCUT2D eigenvalue weighted by molar-refractivity contribution is 6.28. The Balaban J connectivity index is 2.06. The quantitative estimate of drug-likeness (QED) is 0.773. The monoisotopic (exact) mass is 340 g/mol. The second-order valence-electron chi connectivity index (χ2n) is 6.97. The predicted molar refractivity (Wildman–Crippen MR) is 91.0 cm³/mol. The number of piperidine rings is 1. The molecule has 0 aliphatic carbocycles. The fraction of sp³-hybridized carbons (Fsp3) is 0.688. The van der Waals surface area contributed by atoms with E-state index < -0.39 is 5.60 Å². The second kappa shape index (κ2) is 6.91. The zero-order valence-corrected chi connectivity index (χ0v) is 15.2. The Morgan fingerprint density at radius 2 is 2.13 bits per heavy atom. The lowest BCUT2D eigenvalue weighted by Crippen LogP contribution is -2.50. The van der Waals surface area contributed by atoms with Crippen molar-refractivity contribution in [1.29, 1.82) is 0 Å². The van der Waals surface area contributed by atoms with Crippen molar-refractivity contribution in [3.8, 4) is 0 Å². The van der Waals surface area contributed by atoms with Gasteiger partial charge >= 0.3 is 6.09 Å². The number of carbonyl (C=O) groups excluding carboxylic acids is 1. The normalized spacial score (nSPS) is 18.7. The molecule has 2 heterocycles. The average molecular weight is 341 g/mol. The molecule has 128 valence electrons. The summed E-state index contributed by atoms with van der Waals surface area (Å²) in [6.45, 7) is 8.87. The molecule has 0 spiro atoms. The van der Waals surface area contributed by atoms with Gasteiger partial charge in [-0.1, -0.05) is 0 Å². The van der Waals surface area contributed by atoms with Gasteiger partial charge in [-0.2, -0.15) is 0 Å². The Hall–Kier alpha value is -1.56. The summed E-state index contributed by atoms with van der Waals surface area (Å²) in [6, 6.07) is 2.08. The van der Waals surface area contributed by atoms with Crippen LogP contribution in [0.3, 0.4) is 0 Å². The molecule has 1 aliphatic rings. The molecule has 6 nitrogen and oxygen atoms in total. The molecule has 1 atom stereocenters. The summed E-state index contributed by atoms with van der Waals surface area (Å²) in [4.78, 5) is 24.5. The van der Waals surface area contributed by atoms with E-state index in [1.165, 1.54) is 0 Å². The average Bonchev–Trinajstić information content (AvgIpc) is 2.44. The van der Waals surface area contributed by atoms with Crippen LogP contribution in [0, 0.1) is 6.92 Å². The fourth-order valence-corrected chi connectivity index (χ4v) is 2.87. The Labute approximate surface area is 142 Å². The van der Waals surface area contributed by atoms with E-state index >= 15 is 0 Å². The van der Waals surface area contributed by atoms with E-state index in [2.05, 4.69) is 14.9 Å². The van der Waals surface area contributed by atoms with Crippen molar-refractivity contribution < 1.29 is 9.53 Å². The van der Waals surface area contributed by atoms with Gasteiger partial charge in [0, 0.05) is 37.9 Å². The summed E-state index contributed by atoms with van der Waals surface area (Å²) >= 11 is 5.95. The zero-order chi connectivity index (χ0) is 17.2. The van der Waals surface area contributed by atoms with Gasteiger partial charge in [-0.25, -0.2) is 14.8 Å². The number of nitrogens with zero attached hydrogens (tertiary/aromatic N) is 4. The Morgan fingerprint density at radius 1 is 1.43 bits per heavy atom. The molecule has 0 radical (unpaired) electrons. The number of aromatic nitrogens is 2. The van der Waals surface area contributed by atoms with Crippen molar-refractivity contribution in [1.82, 2.24) is 14.9 Å². The molecule has 1 amide bonds. The number of hydrogen-bond donors (Lipinski definition) is 0.